The second kappa shape index (κ2) is 6.76. The average molecular weight is 292 g/mol. The van der Waals surface area contributed by atoms with E-state index in [-0.39, 0.29) is 17.0 Å². The first-order valence-electron chi connectivity index (χ1n) is 6.76. The summed E-state index contributed by atoms with van der Waals surface area (Å²) in [4.78, 5) is 11.7. The number of rotatable bonds is 6. The zero-order valence-electron chi connectivity index (χ0n) is 11.7. The standard InChI is InChI=1S/C14H20N4OS/c1-3-9-18-13(19)16-17-14(18)20-10(2)12(15)11-7-5-4-6-8-11/h4-8,10,12H,3,9,15H2,1-2H3,(H,16,19). The Morgan fingerprint density at radius 1 is 1.40 bits per heavy atom. The van der Waals surface area contributed by atoms with Gasteiger partial charge in [-0.2, -0.15) is 0 Å². The third-order valence-corrected chi connectivity index (χ3v) is 4.34. The quantitative estimate of drug-likeness (QED) is 0.800. The highest BCUT2D eigenvalue weighted by atomic mass is 32.2. The van der Waals surface area contributed by atoms with Crippen molar-refractivity contribution in [2.75, 3.05) is 0 Å². The van der Waals surface area contributed by atoms with E-state index in [1.54, 1.807) is 4.57 Å². The third-order valence-electron chi connectivity index (χ3n) is 3.15. The van der Waals surface area contributed by atoms with Crippen LogP contribution in [0.1, 0.15) is 31.9 Å². The molecule has 0 aliphatic rings. The summed E-state index contributed by atoms with van der Waals surface area (Å²) in [7, 11) is 0. The summed E-state index contributed by atoms with van der Waals surface area (Å²) in [5.41, 5.74) is 7.20. The van der Waals surface area contributed by atoms with Crippen LogP contribution >= 0.6 is 11.8 Å². The van der Waals surface area contributed by atoms with Crippen LogP contribution in [0, 0.1) is 0 Å². The molecule has 2 aromatic rings. The lowest BCUT2D eigenvalue weighted by atomic mass is 10.1. The van der Waals surface area contributed by atoms with E-state index in [0.29, 0.717) is 11.7 Å². The first-order valence-corrected chi connectivity index (χ1v) is 7.63. The van der Waals surface area contributed by atoms with Crippen LogP contribution in [0.3, 0.4) is 0 Å². The van der Waals surface area contributed by atoms with Crippen molar-refractivity contribution in [3.8, 4) is 0 Å². The smallest absolute Gasteiger partial charge is 0.323 e. The molecule has 2 unspecified atom stereocenters. The van der Waals surface area contributed by atoms with Gasteiger partial charge in [0.2, 0.25) is 0 Å². The average Bonchev–Trinajstić information content (AvgIpc) is 2.81. The van der Waals surface area contributed by atoms with Crippen LogP contribution in [-0.4, -0.2) is 20.0 Å². The predicted molar refractivity (Wildman–Crippen MR) is 81.8 cm³/mol. The van der Waals surface area contributed by atoms with Gasteiger partial charge in [0.1, 0.15) is 0 Å². The van der Waals surface area contributed by atoms with Crippen LogP contribution in [0.2, 0.25) is 0 Å². The molecule has 0 fully saturated rings. The van der Waals surface area contributed by atoms with Gasteiger partial charge in [-0.25, -0.2) is 9.89 Å². The minimum Gasteiger partial charge on any atom is -0.323 e. The lowest BCUT2D eigenvalue weighted by Crippen LogP contribution is -2.22. The highest BCUT2D eigenvalue weighted by molar-refractivity contribution is 7.99. The Bertz CT molecular complexity index is 593. The molecule has 2 atom stereocenters. The van der Waals surface area contributed by atoms with Crippen molar-refractivity contribution in [3.63, 3.8) is 0 Å². The first-order chi connectivity index (χ1) is 9.63. The van der Waals surface area contributed by atoms with E-state index in [0.717, 1.165) is 12.0 Å². The third kappa shape index (κ3) is 3.32. The van der Waals surface area contributed by atoms with Crippen molar-refractivity contribution >= 4 is 11.8 Å². The van der Waals surface area contributed by atoms with Gasteiger partial charge in [0.25, 0.3) is 0 Å². The Morgan fingerprint density at radius 2 is 2.10 bits per heavy atom. The Balaban J connectivity index is 2.12. The van der Waals surface area contributed by atoms with E-state index in [1.807, 2.05) is 37.3 Å². The second-order valence-electron chi connectivity index (χ2n) is 4.72. The van der Waals surface area contributed by atoms with Crippen LogP contribution in [-0.2, 0) is 6.54 Å². The number of aromatic amines is 1. The largest absolute Gasteiger partial charge is 0.343 e. The minimum atomic E-state index is -0.158. The zero-order valence-corrected chi connectivity index (χ0v) is 12.6. The predicted octanol–water partition coefficient (Wildman–Crippen LogP) is 2.16. The Labute approximate surface area is 122 Å². The topological polar surface area (TPSA) is 76.7 Å². The van der Waals surface area contributed by atoms with Crippen LogP contribution in [0.5, 0.6) is 0 Å². The first kappa shape index (κ1) is 14.9. The Morgan fingerprint density at radius 3 is 2.75 bits per heavy atom. The van der Waals surface area contributed by atoms with E-state index in [1.165, 1.54) is 11.8 Å². The monoisotopic (exact) mass is 292 g/mol. The van der Waals surface area contributed by atoms with Gasteiger partial charge < -0.3 is 5.73 Å². The van der Waals surface area contributed by atoms with Gasteiger partial charge in [0, 0.05) is 17.8 Å². The summed E-state index contributed by atoms with van der Waals surface area (Å²) in [6.07, 6.45) is 0.895. The molecule has 0 aliphatic carbocycles. The number of nitrogens with one attached hydrogen (secondary N) is 1. The summed E-state index contributed by atoms with van der Waals surface area (Å²) < 4.78 is 1.67. The molecule has 20 heavy (non-hydrogen) atoms. The maximum Gasteiger partial charge on any atom is 0.343 e. The fraction of sp³-hybridized carbons (Fsp3) is 0.429. The second-order valence-corrected chi connectivity index (χ2v) is 6.07. The number of nitrogens with two attached hydrogens (primary N) is 1. The Kier molecular flexibility index (Phi) is 5.03. The summed E-state index contributed by atoms with van der Waals surface area (Å²) in [6.45, 7) is 4.76. The molecule has 108 valence electrons. The maximum atomic E-state index is 11.7. The summed E-state index contributed by atoms with van der Waals surface area (Å²) in [6, 6.07) is 9.88. The van der Waals surface area contributed by atoms with Crippen molar-refractivity contribution < 1.29 is 0 Å². The number of thioether (sulfide) groups is 1. The number of hydrogen-bond donors (Lipinski definition) is 2. The molecule has 3 N–H and O–H groups in total. The number of benzene rings is 1. The molecule has 1 aromatic carbocycles. The molecule has 0 saturated carbocycles. The normalized spacial score (nSPS) is 14.2. The molecular formula is C14H20N4OS. The summed E-state index contributed by atoms with van der Waals surface area (Å²) in [5.74, 6) is 0. The van der Waals surface area contributed by atoms with Gasteiger partial charge in [-0.05, 0) is 12.0 Å². The number of nitrogens with zero attached hydrogens (tertiary/aromatic N) is 2. The Hall–Kier alpha value is -1.53. The van der Waals surface area contributed by atoms with Crippen molar-refractivity contribution in [2.45, 2.75) is 43.3 Å². The van der Waals surface area contributed by atoms with Gasteiger partial charge in [-0.15, -0.1) is 5.10 Å². The highest BCUT2D eigenvalue weighted by Gasteiger charge is 2.19. The van der Waals surface area contributed by atoms with E-state index in [4.69, 9.17) is 5.73 Å². The van der Waals surface area contributed by atoms with Crippen LogP contribution in [0.4, 0.5) is 0 Å². The molecule has 0 aliphatic heterocycles. The van der Waals surface area contributed by atoms with Crippen molar-refractivity contribution in [1.82, 2.24) is 14.8 Å². The van der Waals surface area contributed by atoms with Gasteiger partial charge >= 0.3 is 5.69 Å². The lowest BCUT2D eigenvalue weighted by Gasteiger charge is -2.19. The number of H-pyrrole nitrogens is 1. The van der Waals surface area contributed by atoms with Crippen LogP contribution in [0.25, 0.3) is 0 Å². The highest BCUT2D eigenvalue weighted by Crippen LogP contribution is 2.28. The summed E-state index contributed by atoms with van der Waals surface area (Å²) in [5, 5.41) is 7.42. The number of aromatic nitrogens is 3. The van der Waals surface area contributed by atoms with E-state index >= 15 is 0 Å². The molecule has 0 bridgehead atoms. The zero-order chi connectivity index (χ0) is 14.5. The van der Waals surface area contributed by atoms with E-state index < -0.39 is 0 Å². The van der Waals surface area contributed by atoms with Gasteiger partial charge in [0.05, 0.1) is 0 Å². The minimum absolute atomic E-state index is 0.0944. The van der Waals surface area contributed by atoms with Crippen molar-refractivity contribution in [2.24, 2.45) is 5.73 Å². The molecule has 6 heteroatoms. The molecule has 5 nitrogen and oxygen atoms in total. The van der Waals surface area contributed by atoms with Gasteiger partial charge in [-0.3, -0.25) is 4.57 Å². The van der Waals surface area contributed by atoms with Crippen LogP contribution < -0.4 is 11.4 Å². The number of hydrogen-bond acceptors (Lipinski definition) is 4. The molecule has 0 amide bonds. The van der Waals surface area contributed by atoms with Gasteiger partial charge in [0.15, 0.2) is 5.16 Å². The molecule has 1 heterocycles. The fourth-order valence-corrected chi connectivity index (χ4v) is 3.04. The SMILES string of the molecule is CCCn1c(SC(C)C(N)c2ccccc2)n[nH]c1=O. The molecule has 1 aromatic heterocycles. The fourth-order valence-electron chi connectivity index (χ4n) is 2.00. The van der Waals surface area contributed by atoms with Crippen LogP contribution in [0.15, 0.2) is 40.3 Å². The lowest BCUT2D eigenvalue weighted by molar-refractivity contribution is 0.600. The van der Waals surface area contributed by atoms with Gasteiger partial charge in [-0.1, -0.05) is 55.9 Å². The molecule has 2 rings (SSSR count). The molecular weight excluding hydrogens is 272 g/mol. The molecule has 0 spiro atoms. The van der Waals surface area contributed by atoms with Crippen molar-refractivity contribution in [1.29, 1.82) is 0 Å². The van der Waals surface area contributed by atoms with E-state index in [2.05, 4.69) is 17.1 Å². The summed E-state index contributed by atoms with van der Waals surface area (Å²) >= 11 is 1.53. The van der Waals surface area contributed by atoms with Crippen molar-refractivity contribution in [3.05, 3.63) is 46.4 Å². The maximum absolute atomic E-state index is 11.7. The van der Waals surface area contributed by atoms with E-state index in [9.17, 15) is 4.79 Å². The molecule has 0 radical (unpaired) electrons. The molecule has 0 saturated heterocycles.